The summed E-state index contributed by atoms with van der Waals surface area (Å²) in [5.74, 6) is 4.44. The van der Waals surface area contributed by atoms with Gasteiger partial charge in [-0.15, -0.1) is 0 Å². The monoisotopic (exact) mass is 232 g/mol. The standard InChI is InChI=1S/C13H13FN2O/c14-12-8-9(2-1-7-15)3-6-11(12)13(17)16-10-4-5-10/h3,6,8,10H,4-5,7,15H2,(H,16,17). The lowest BCUT2D eigenvalue weighted by Gasteiger charge is -2.04. The molecule has 0 aliphatic heterocycles. The fourth-order valence-electron chi connectivity index (χ4n) is 1.42. The van der Waals surface area contributed by atoms with Gasteiger partial charge in [-0.2, -0.15) is 0 Å². The molecular formula is C13H13FN2O. The molecule has 0 unspecified atom stereocenters. The second-order valence-electron chi connectivity index (χ2n) is 3.95. The molecule has 1 aromatic rings. The van der Waals surface area contributed by atoms with Gasteiger partial charge in [0.1, 0.15) is 5.82 Å². The number of nitrogens with one attached hydrogen (secondary N) is 1. The number of carbonyl (C=O) groups excluding carboxylic acids is 1. The summed E-state index contributed by atoms with van der Waals surface area (Å²) in [7, 11) is 0. The molecule has 1 saturated carbocycles. The summed E-state index contributed by atoms with van der Waals surface area (Å²) in [5, 5.41) is 2.74. The number of amides is 1. The van der Waals surface area contributed by atoms with Crippen LogP contribution < -0.4 is 11.1 Å². The lowest BCUT2D eigenvalue weighted by molar-refractivity contribution is 0.0947. The largest absolute Gasteiger partial charge is 0.349 e. The number of rotatable bonds is 2. The zero-order chi connectivity index (χ0) is 12.3. The van der Waals surface area contributed by atoms with Crippen molar-refractivity contribution in [1.82, 2.24) is 5.32 Å². The van der Waals surface area contributed by atoms with E-state index in [1.165, 1.54) is 12.1 Å². The first kappa shape index (κ1) is 11.6. The van der Waals surface area contributed by atoms with Crippen molar-refractivity contribution in [2.45, 2.75) is 18.9 Å². The van der Waals surface area contributed by atoms with Crippen molar-refractivity contribution in [2.24, 2.45) is 5.73 Å². The topological polar surface area (TPSA) is 55.1 Å². The Balaban J connectivity index is 2.15. The van der Waals surface area contributed by atoms with E-state index in [0.717, 1.165) is 12.8 Å². The van der Waals surface area contributed by atoms with E-state index in [9.17, 15) is 9.18 Å². The highest BCUT2D eigenvalue weighted by Gasteiger charge is 2.24. The average molecular weight is 232 g/mol. The molecule has 1 fully saturated rings. The van der Waals surface area contributed by atoms with Crippen LogP contribution in [0.3, 0.4) is 0 Å². The Bertz CT molecular complexity index is 498. The van der Waals surface area contributed by atoms with Crippen molar-refractivity contribution < 1.29 is 9.18 Å². The third-order valence-corrected chi connectivity index (χ3v) is 2.46. The van der Waals surface area contributed by atoms with Gasteiger partial charge in [0, 0.05) is 11.6 Å². The highest BCUT2D eigenvalue weighted by atomic mass is 19.1. The van der Waals surface area contributed by atoms with Gasteiger partial charge in [-0.3, -0.25) is 4.79 Å². The Morgan fingerprint density at radius 1 is 1.53 bits per heavy atom. The van der Waals surface area contributed by atoms with Crippen LogP contribution in [-0.4, -0.2) is 18.5 Å². The van der Waals surface area contributed by atoms with Gasteiger partial charge < -0.3 is 11.1 Å². The van der Waals surface area contributed by atoms with E-state index >= 15 is 0 Å². The van der Waals surface area contributed by atoms with Crippen molar-refractivity contribution in [1.29, 1.82) is 0 Å². The van der Waals surface area contributed by atoms with Crippen LogP contribution in [0.5, 0.6) is 0 Å². The van der Waals surface area contributed by atoms with Crippen LogP contribution in [0.1, 0.15) is 28.8 Å². The zero-order valence-corrected chi connectivity index (χ0v) is 9.29. The van der Waals surface area contributed by atoms with Crippen LogP contribution in [0.4, 0.5) is 4.39 Å². The number of benzene rings is 1. The minimum Gasteiger partial charge on any atom is -0.349 e. The predicted molar refractivity (Wildman–Crippen MR) is 62.8 cm³/mol. The maximum atomic E-state index is 13.6. The van der Waals surface area contributed by atoms with Crippen molar-refractivity contribution in [3.05, 3.63) is 35.1 Å². The number of carbonyl (C=O) groups is 1. The summed E-state index contributed by atoms with van der Waals surface area (Å²) in [6.45, 7) is 0.228. The van der Waals surface area contributed by atoms with Crippen LogP contribution >= 0.6 is 0 Å². The van der Waals surface area contributed by atoms with Gasteiger partial charge in [0.2, 0.25) is 0 Å². The molecule has 1 aliphatic carbocycles. The quantitative estimate of drug-likeness (QED) is 0.748. The van der Waals surface area contributed by atoms with Crippen LogP contribution in [0.15, 0.2) is 18.2 Å². The molecule has 1 aromatic carbocycles. The van der Waals surface area contributed by atoms with Crippen LogP contribution in [0, 0.1) is 17.7 Å². The van der Waals surface area contributed by atoms with E-state index in [1.807, 2.05) is 0 Å². The molecule has 0 atom stereocenters. The van der Waals surface area contributed by atoms with E-state index < -0.39 is 5.82 Å². The molecule has 0 bridgehead atoms. The van der Waals surface area contributed by atoms with Gasteiger partial charge in [-0.25, -0.2) is 4.39 Å². The third-order valence-electron chi connectivity index (χ3n) is 2.46. The molecule has 0 heterocycles. The molecule has 0 spiro atoms. The Kier molecular flexibility index (Phi) is 3.40. The van der Waals surface area contributed by atoms with Gasteiger partial charge in [-0.1, -0.05) is 11.8 Å². The second-order valence-corrected chi connectivity index (χ2v) is 3.95. The van der Waals surface area contributed by atoms with E-state index in [-0.39, 0.29) is 24.1 Å². The molecule has 2 rings (SSSR count). The Morgan fingerprint density at radius 2 is 2.29 bits per heavy atom. The SMILES string of the molecule is NCC#Cc1ccc(C(=O)NC2CC2)c(F)c1. The smallest absolute Gasteiger partial charge is 0.254 e. The van der Waals surface area contributed by atoms with Crippen molar-refractivity contribution in [3.63, 3.8) is 0 Å². The number of hydrogen-bond donors (Lipinski definition) is 2. The summed E-state index contributed by atoms with van der Waals surface area (Å²) in [5.41, 5.74) is 5.81. The summed E-state index contributed by atoms with van der Waals surface area (Å²) >= 11 is 0. The molecule has 3 nitrogen and oxygen atoms in total. The molecular weight excluding hydrogens is 219 g/mol. The van der Waals surface area contributed by atoms with Gasteiger partial charge in [0.05, 0.1) is 12.1 Å². The van der Waals surface area contributed by atoms with E-state index in [0.29, 0.717) is 5.56 Å². The molecule has 88 valence electrons. The molecule has 0 aromatic heterocycles. The summed E-state index contributed by atoms with van der Waals surface area (Å²) in [6.07, 6.45) is 1.96. The Labute approximate surface area is 99.2 Å². The molecule has 1 aliphatic rings. The van der Waals surface area contributed by atoms with Gasteiger partial charge >= 0.3 is 0 Å². The fourth-order valence-corrected chi connectivity index (χ4v) is 1.42. The fraction of sp³-hybridized carbons (Fsp3) is 0.308. The normalized spacial score (nSPS) is 13.8. The molecule has 4 heteroatoms. The molecule has 1 amide bonds. The van der Waals surface area contributed by atoms with Crippen LogP contribution in [0.25, 0.3) is 0 Å². The minimum absolute atomic E-state index is 0.0650. The summed E-state index contributed by atoms with van der Waals surface area (Å²) in [6, 6.07) is 4.55. The third kappa shape index (κ3) is 3.05. The van der Waals surface area contributed by atoms with E-state index in [1.54, 1.807) is 6.07 Å². The van der Waals surface area contributed by atoms with Crippen molar-refractivity contribution >= 4 is 5.91 Å². The first-order chi connectivity index (χ1) is 8.20. The number of halogens is 1. The van der Waals surface area contributed by atoms with E-state index in [4.69, 9.17) is 5.73 Å². The molecule has 3 N–H and O–H groups in total. The Hall–Kier alpha value is -1.86. The maximum Gasteiger partial charge on any atom is 0.254 e. The number of hydrogen-bond acceptors (Lipinski definition) is 2. The lowest BCUT2D eigenvalue weighted by Crippen LogP contribution is -2.26. The minimum atomic E-state index is -0.549. The summed E-state index contributed by atoms with van der Waals surface area (Å²) < 4.78 is 13.6. The molecule has 17 heavy (non-hydrogen) atoms. The van der Waals surface area contributed by atoms with Gasteiger partial charge in [-0.05, 0) is 31.0 Å². The van der Waals surface area contributed by atoms with Crippen LogP contribution in [-0.2, 0) is 0 Å². The average Bonchev–Trinajstić information content (AvgIpc) is 3.10. The first-order valence-electron chi connectivity index (χ1n) is 5.50. The summed E-state index contributed by atoms with van der Waals surface area (Å²) in [4.78, 5) is 11.6. The van der Waals surface area contributed by atoms with Crippen LogP contribution in [0.2, 0.25) is 0 Å². The zero-order valence-electron chi connectivity index (χ0n) is 9.29. The van der Waals surface area contributed by atoms with Crippen molar-refractivity contribution in [3.8, 4) is 11.8 Å². The predicted octanol–water partition coefficient (Wildman–Crippen LogP) is 1.03. The van der Waals surface area contributed by atoms with Gasteiger partial charge in [0.25, 0.3) is 5.91 Å². The second kappa shape index (κ2) is 4.98. The first-order valence-corrected chi connectivity index (χ1v) is 5.50. The highest BCUT2D eigenvalue weighted by Crippen LogP contribution is 2.20. The molecule has 0 saturated heterocycles. The number of nitrogens with two attached hydrogens (primary N) is 1. The lowest BCUT2D eigenvalue weighted by atomic mass is 10.1. The van der Waals surface area contributed by atoms with Crippen molar-refractivity contribution in [2.75, 3.05) is 6.54 Å². The van der Waals surface area contributed by atoms with Gasteiger partial charge in [0.15, 0.2) is 0 Å². The maximum absolute atomic E-state index is 13.6. The Morgan fingerprint density at radius 3 is 2.88 bits per heavy atom. The van der Waals surface area contributed by atoms with E-state index in [2.05, 4.69) is 17.2 Å². The highest BCUT2D eigenvalue weighted by molar-refractivity contribution is 5.94. The molecule has 0 radical (unpaired) electrons.